The largest absolute Gasteiger partial charge is 0.508 e. The first-order chi connectivity index (χ1) is 13.1. The number of hydrogen-bond donors (Lipinski definition) is 1. The van der Waals surface area contributed by atoms with Gasteiger partial charge in [-0.1, -0.05) is 59.7 Å². The van der Waals surface area contributed by atoms with Gasteiger partial charge < -0.3 is 5.11 Å². The van der Waals surface area contributed by atoms with Crippen LogP contribution in [-0.4, -0.2) is 29.6 Å². The third kappa shape index (κ3) is 5.71. The van der Waals surface area contributed by atoms with Gasteiger partial charge in [0.25, 0.3) is 0 Å². The maximum absolute atomic E-state index is 10.5. The number of nitrogens with zero attached hydrogens (tertiary/aromatic N) is 1. The fourth-order valence-corrected chi connectivity index (χ4v) is 4.08. The van der Waals surface area contributed by atoms with Crippen LogP contribution in [0.1, 0.15) is 61.6 Å². The second kappa shape index (κ2) is 9.75. The van der Waals surface area contributed by atoms with Crippen molar-refractivity contribution in [3.05, 3.63) is 76.9 Å². The fraction of sp³-hybridized carbons (Fsp3) is 0.440. The highest BCUT2D eigenvalue weighted by Crippen LogP contribution is 2.36. The van der Waals surface area contributed by atoms with Crippen molar-refractivity contribution in [1.29, 1.82) is 0 Å². The summed E-state index contributed by atoms with van der Waals surface area (Å²) in [4.78, 5) is 2.54. The van der Waals surface area contributed by atoms with Gasteiger partial charge in [0.2, 0.25) is 0 Å². The normalized spacial score (nSPS) is 16.6. The number of aryl methyl sites for hydroxylation is 1. The van der Waals surface area contributed by atoms with Gasteiger partial charge >= 0.3 is 0 Å². The summed E-state index contributed by atoms with van der Waals surface area (Å²) in [6, 6.07) is 16.6. The van der Waals surface area contributed by atoms with Crippen molar-refractivity contribution in [3.8, 4) is 5.75 Å². The molecule has 1 fully saturated rings. The highest BCUT2D eigenvalue weighted by molar-refractivity contribution is 5.43. The summed E-state index contributed by atoms with van der Waals surface area (Å²) in [6.45, 7) is 7.97. The highest BCUT2D eigenvalue weighted by atomic mass is 16.3. The van der Waals surface area contributed by atoms with E-state index in [1.165, 1.54) is 42.6 Å². The van der Waals surface area contributed by atoms with E-state index in [0.29, 0.717) is 5.75 Å². The maximum atomic E-state index is 10.5. The van der Waals surface area contributed by atoms with Crippen molar-refractivity contribution in [2.75, 3.05) is 19.6 Å². The Morgan fingerprint density at radius 2 is 1.85 bits per heavy atom. The lowest BCUT2D eigenvalue weighted by Crippen LogP contribution is -2.19. The Balaban J connectivity index is 1.65. The SMILES string of the molecule is CC(=CCN1CCCC1)CCCC(c1ccccc1)c1cc(C)ccc1O. The van der Waals surface area contributed by atoms with Crippen LogP contribution in [0, 0.1) is 6.92 Å². The minimum atomic E-state index is 0.248. The lowest BCUT2D eigenvalue weighted by molar-refractivity contribution is 0.376. The molecule has 1 aliphatic heterocycles. The van der Waals surface area contributed by atoms with Crippen LogP contribution in [0.5, 0.6) is 5.75 Å². The first kappa shape index (κ1) is 19.7. The molecule has 1 unspecified atom stereocenters. The summed E-state index contributed by atoms with van der Waals surface area (Å²) in [7, 11) is 0. The van der Waals surface area contributed by atoms with Crippen molar-refractivity contribution in [3.63, 3.8) is 0 Å². The van der Waals surface area contributed by atoms with Crippen LogP contribution >= 0.6 is 0 Å². The van der Waals surface area contributed by atoms with E-state index in [2.05, 4.69) is 61.2 Å². The summed E-state index contributed by atoms with van der Waals surface area (Å²) >= 11 is 0. The number of benzene rings is 2. The summed E-state index contributed by atoms with van der Waals surface area (Å²) in [5.41, 5.74) is 5.03. The Labute approximate surface area is 164 Å². The van der Waals surface area contributed by atoms with Crippen LogP contribution in [-0.2, 0) is 0 Å². The van der Waals surface area contributed by atoms with Gasteiger partial charge in [0.05, 0.1) is 0 Å². The van der Waals surface area contributed by atoms with Crippen molar-refractivity contribution in [2.24, 2.45) is 0 Å². The van der Waals surface area contributed by atoms with E-state index in [1.54, 1.807) is 0 Å². The molecule has 0 saturated carbocycles. The van der Waals surface area contributed by atoms with Gasteiger partial charge in [0.1, 0.15) is 5.75 Å². The lowest BCUT2D eigenvalue weighted by atomic mass is 9.85. The van der Waals surface area contributed by atoms with Crippen LogP contribution < -0.4 is 0 Å². The van der Waals surface area contributed by atoms with Crippen molar-refractivity contribution in [2.45, 2.75) is 51.9 Å². The topological polar surface area (TPSA) is 23.5 Å². The Kier molecular flexibility index (Phi) is 7.11. The average molecular weight is 364 g/mol. The Morgan fingerprint density at radius 1 is 1.11 bits per heavy atom. The fourth-order valence-electron chi connectivity index (χ4n) is 4.08. The molecule has 1 heterocycles. The minimum Gasteiger partial charge on any atom is -0.508 e. The molecule has 2 nitrogen and oxygen atoms in total. The number of allylic oxidation sites excluding steroid dienone is 1. The lowest BCUT2D eigenvalue weighted by Gasteiger charge is -2.20. The van der Waals surface area contributed by atoms with Crippen LogP contribution in [0.25, 0.3) is 0 Å². The zero-order valence-corrected chi connectivity index (χ0v) is 16.8. The number of aromatic hydroxyl groups is 1. The second-order valence-electron chi connectivity index (χ2n) is 7.98. The summed E-state index contributed by atoms with van der Waals surface area (Å²) in [5.74, 6) is 0.660. The smallest absolute Gasteiger partial charge is 0.119 e. The average Bonchev–Trinajstić information content (AvgIpc) is 3.20. The first-order valence-corrected chi connectivity index (χ1v) is 10.4. The van der Waals surface area contributed by atoms with Gasteiger partial charge in [0, 0.05) is 18.0 Å². The van der Waals surface area contributed by atoms with Crippen LogP contribution in [0.3, 0.4) is 0 Å². The predicted octanol–water partition coefficient (Wildman–Crippen LogP) is 6.04. The molecule has 1 atom stereocenters. The zero-order valence-electron chi connectivity index (χ0n) is 16.8. The predicted molar refractivity (Wildman–Crippen MR) is 114 cm³/mol. The molecule has 0 amide bonds. The van der Waals surface area contributed by atoms with Gasteiger partial charge in [0.15, 0.2) is 0 Å². The molecular weight excluding hydrogens is 330 g/mol. The van der Waals surface area contributed by atoms with Gasteiger partial charge in [-0.2, -0.15) is 0 Å². The van der Waals surface area contributed by atoms with Crippen molar-refractivity contribution >= 4 is 0 Å². The molecule has 0 radical (unpaired) electrons. The molecule has 1 N–H and O–H groups in total. The van der Waals surface area contributed by atoms with E-state index in [4.69, 9.17) is 0 Å². The molecule has 2 heteroatoms. The summed E-state index contributed by atoms with van der Waals surface area (Å²) < 4.78 is 0. The molecule has 1 saturated heterocycles. The van der Waals surface area contributed by atoms with E-state index < -0.39 is 0 Å². The molecule has 1 aliphatic rings. The van der Waals surface area contributed by atoms with Crippen LogP contribution in [0.2, 0.25) is 0 Å². The van der Waals surface area contributed by atoms with E-state index in [0.717, 1.165) is 31.4 Å². The van der Waals surface area contributed by atoms with E-state index >= 15 is 0 Å². The van der Waals surface area contributed by atoms with Gasteiger partial charge in [-0.05, 0) is 70.7 Å². The van der Waals surface area contributed by atoms with Gasteiger partial charge in [-0.15, -0.1) is 0 Å². The monoisotopic (exact) mass is 363 g/mol. The van der Waals surface area contributed by atoms with Crippen molar-refractivity contribution in [1.82, 2.24) is 4.90 Å². The third-order valence-electron chi connectivity index (χ3n) is 5.72. The number of hydrogen-bond acceptors (Lipinski definition) is 2. The maximum Gasteiger partial charge on any atom is 0.119 e. The number of rotatable bonds is 8. The van der Waals surface area contributed by atoms with Crippen molar-refractivity contribution < 1.29 is 5.11 Å². The molecular formula is C25H33NO. The second-order valence-corrected chi connectivity index (χ2v) is 7.98. The van der Waals surface area contributed by atoms with E-state index in [9.17, 15) is 5.11 Å². The number of phenols is 1. The number of likely N-dealkylation sites (tertiary alicyclic amines) is 1. The van der Waals surface area contributed by atoms with E-state index in [-0.39, 0.29) is 5.92 Å². The molecule has 0 aromatic heterocycles. The quantitative estimate of drug-likeness (QED) is 0.578. The van der Waals surface area contributed by atoms with Crippen LogP contribution in [0.4, 0.5) is 0 Å². The summed E-state index contributed by atoms with van der Waals surface area (Å²) in [5, 5.41) is 10.5. The Morgan fingerprint density at radius 3 is 2.59 bits per heavy atom. The first-order valence-electron chi connectivity index (χ1n) is 10.4. The molecule has 0 spiro atoms. The highest BCUT2D eigenvalue weighted by Gasteiger charge is 2.17. The Hall–Kier alpha value is -2.06. The molecule has 3 rings (SSSR count). The third-order valence-corrected chi connectivity index (χ3v) is 5.72. The zero-order chi connectivity index (χ0) is 19.1. The number of phenolic OH excluding ortho intramolecular Hbond substituents is 1. The van der Waals surface area contributed by atoms with Crippen LogP contribution in [0.15, 0.2) is 60.2 Å². The Bertz CT molecular complexity index is 744. The molecule has 2 aromatic rings. The minimum absolute atomic E-state index is 0.248. The molecule has 0 aliphatic carbocycles. The molecule has 2 aromatic carbocycles. The molecule has 0 bridgehead atoms. The summed E-state index contributed by atoms with van der Waals surface area (Å²) in [6.07, 6.45) is 8.43. The standard InChI is InChI=1S/C25H33NO/c1-20(15-18-26-16-6-7-17-26)9-8-12-23(22-10-4-3-5-11-22)24-19-21(2)13-14-25(24)27/h3-5,10-11,13-15,19,23,27H,6-9,12,16-18H2,1-2H3. The molecule has 144 valence electrons. The molecule has 27 heavy (non-hydrogen) atoms. The van der Waals surface area contributed by atoms with E-state index in [1.807, 2.05) is 12.1 Å². The van der Waals surface area contributed by atoms with Gasteiger partial charge in [-0.3, -0.25) is 4.90 Å². The van der Waals surface area contributed by atoms with Gasteiger partial charge in [-0.25, -0.2) is 0 Å².